The Morgan fingerprint density at radius 3 is 2.79 bits per heavy atom. The maximum absolute atomic E-state index is 12.4. The van der Waals surface area contributed by atoms with Crippen LogP contribution in [0.3, 0.4) is 0 Å². The van der Waals surface area contributed by atoms with Gasteiger partial charge in [0, 0.05) is 20.1 Å². The van der Waals surface area contributed by atoms with Crippen molar-refractivity contribution < 1.29 is 23.1 Å². The fourth-order valence-electron chi connectivity index (χ4n) is 1.98. The Hall–Kier alpha value is -0.700. The second-order valence-electron chi connectivity index (χ2n) is 4.62. The van der Waals surface area contributed by atoms with Crippen LogP contribution in [-0.4, -0.2) is 67.5 Å². The molecule has 0 spiro atoms. The molecule has 0 radical (unpaired) electrons. The van der Waals surface area contributed by atoms with Crippen LogP contribution in [0.2, 0.25) is 0 Å². The molecule has 7 nitrogen and oxygen atoms in total. The molecule has 19 heavy (non-hydrogen) atoms. The zero-order chi connectivity index (χ0) is 14.5. The summed E-state index contributed by atoms with van der Waals surface area (Å²) in [5, 5.41) is 8.84. The maximum atomic E-state index is 12.4. The monoisotopic (exact) mass is 294 g/mol. The Morgan fingerprint density at radius 2 is 2.21 bits per heavy atom. The molecule has 1 unspecified atom stereocenters. The van der Waals surface area contributed by atoms with Gasteiger partial charge in [-0.3, -0.25) is 4.79 Å². The fourth-order valence-corrected chi connectivity index (χ4v) is 3.52. The van der Waals surface area contributed by atoms with E-state index in [0.717, 1.165) is 12.8 Å². The van der Waals surface area contributed by atoms with Gasteiger partial charge in [-0.2, -0.15) is 17.0 Å². The lowest BCUT2D eigenvalue weighted by molar-refractivity contribution is -0.139. The minimum Gasteiger partial charge on any atom is -0.481 e. The average Bonchev–Trinajstić information content (AvgIpc) is 2.35. The number of hydrogen-bond acceptors (Lipinski definition) is 4. The van der Waals surface area contributed by atoms with Crippen molar-refractivity contribution >= 4 is 16.2 Å². The second-order valence-corrected chi connectivity index (χ2v) is 6.61. The van der Waals surface area contributed by atoms with Crippen LogP contribution < -0.4 is 0 Å². The van der Waals surface area contributed by atoms with Crippen molar-refractivity contribution in [2.75, 3.05) is 33.4 Å². The standard InChI is InChI=1S/C11H22N2O5S/c1-3-4-5-12(2)19(16,17)13-6-7-18-9-10(13)8-11(14)15/h10H,3-9H2,1-2H3,(H,14,15). The predicted molar refractivity (Wildman–Crippen MR) is 70.0 cm³/mol. The molecule has 1 aliphatic heterocycles. The smallest absolute Gasteiger partial charge is 0.305 e. The normalized spacial score (nSPS) is 21.7. The zero-order valence-electron chi connectivity index (χ0n) is 11.4. The molecule has 8 heteroatoms. The van der Waals surface area contributed by atoms with Gasteiger partial charge in [0.1, 0.15) is 0 Å². The number of hydrogen-bond donors (Lipinski definition) is 1. The van der Waals surface area contributed by atoms with Gasteiger partial charge >= 0.3 is 5.97 Å². The highest BCUT2D eigenvalue weighted by Gasteiger charge is 2.36. The molecule has 0 aromatic heterocycles. The Kier molecular flexibility index (Phi) is 6.18. The summed E-state index contributed by atoms with van der Waals surface area (Å²) in [6.07, 6.45) is 1.45. The van der Waals surface area contributed by atoms with E-state index in [1.165, 1.54) is 15.7 Å². The van der Waals surface area contributed by atoms with Crippen molar-refractivity contribution in [3.8, 4) is 0 Å². The van der Waals surface area contributed by atoms with Gasteiger partial charge in [-0.05, 0) is 6.42 Å². The summed E-state index contributed by atoms with van der Waals surface area (Å²) in [4.78, 5) is 10.8. The first-order chi connectivity index (χ1) is 8.89. The number of aliphatic carboxylic acids is 1. The van der Waals surface area contributed by atoms with Crippen molar-refractivity contribution in [1.82, 2.24) is 8.61 Å². The summed E-state index contributed by atoms with van der Waals surface area (Å²) < 4.78 is 32.5. The van der Waals surface area contributed by atoms with E-state index in [2.05, 4.69) is 0 Å². The SMILES string of the molecule is CCCCN(C)S(=O)(=O)N1CCOCC1CC(=O)O. The lowest BCUT2D eigenvalue weighted by Gasteiger charge is -2.36. The summed E-state index contributed by atoms with van der Waals surface area (Å²) in [6, 6.07) is -0.625. The molecule has 0 aliphatic carbocycles. The van der Waals surface area contributed by atoms with Gasteiger partial charge in [0.2, 0.25) is 0 Å². The summed E-state index contributed by atoms with van der Waals surface area (Å²) >= 11 is 0. The van der Waals surface area contributed by atoms with E-state index >= 15 is 0 Å². The van der Waals surface area contributed by atoms with Gasteiger partial charge in [-0.15, -0.1) is 0 Å². The first-order valence-corrected chi connectivity index (χ1v) is 7.82. The minimum atomic E-state index is -3.61. The molecule has 0 aromatic rings. The molecular weight excluding hydrogens is 272 g/mol. The highest BCUT2D eigenvalue weighted by molar-refractivity contribution is 7.86. The number of ether oxygens (including phenoxy) is 1. The second kappa shape index (κ2) is 7.18. The molecule has 0 amide bonds. The molecule has 0 saturated carbocycles. The molecule has 1 heterocycles. The van der Waals surface area contributed by atoms with Gasteiger partial charge in [-0.25, -0.2) is 0 Å². The van der Waals surface area contributed by atoms with E-state index in [1.54, 1.807) is 0 Å². The predicted octanol–water partition coefficient (Wildman–Crippen LogP) is 0.139. The fraction of sp³-hybridized carbons (Fsp3) is 0.909. The van der Waals surface area contributed by atoms with Crippen LogP contribution in [0.1, 0.15) is 26.2 Å². The van der Waals surface area contributed by atoms with Crippen LogP contribution in [0.5, 0.6) is 0 Å². The Bertz CT molecular complexity index is 398. The van der Waals surface area contributed by atoms with E-state index in [-0.39, 0.29) is 19.6 Å². The largest absolute Gasteiger partial charge is 0.481 e. The van der Waals surface area contributed by atoms with E-state index in [9.17, 15) is 13.2 Å². The third-order valence-electron chi connectivity index (χ3n) is 3.10. The molecule has 1 saturated heterocycles. The van der Waals surface area contributed by atoms with Crippen molar-refractivity contribution in [3.05, 3.63) is 0 Å². The van der Waals surface area contributed by atoms with Gasteiger partial charge in [0.05, 0.1) is 25.7 Å². The Morgan fingerprint density at radius 1 is 1.53 bits per heavy atom. The van der Waals surface area contributed by atoms with Crippen molar-refractivity contribution in [2.24, 2.45) is 0 Å². The van der Waals surface area contributed by atoms with Crippen LogP contribution >= 0.6 is 0 Å². The highest BCUT2D eigenvalue weighted by atomic mass is 32.2. The van der Waals surface area contributed by atoms with Crippen LogP contribution in [0.4, 0.5) is 0 Å². The number of unbranched alkanes of at least 4 members (excludes halogenated alkanes) is 1. The van der Waals surface area contributed by atoms with E-state index in [1.807, 2.05) is 6.92 Å². The van der Waals surface area contributed by atoms with Gasteiger partial charge < -0.3 is 9.84 Å². The first kappa shape index (κ1) is 16.4. The minimum absolute atomic E-state index is 0.132. The molecular formula is C11H22N2O5S. The van der Waals surface area contributed by atoms with Crippen LogP contribution in [0.25, 0.3) is 0 Å². The highest BCUT2D eigenvalue weighted by Crippen LogP contribution is 2.18. The van der Waals surface area contributed by atoms with Gasteiger partial charge in [0.15, 0.2) is 0 Å². The molecule has 1 atom stereocenters. The summed E-state index contributed by atoms with van der Waals surface area (Å²) in [6.45, 7) is 3.07. The Labute approximate surface area is 114 Å². The van der Waals surface area contributed by atoms with Crippen molar-refractivity contribution in [2.45, 2.75) is 32.2 Å². The molecule has 112 valence electrons. The van der Waals surface area contributed by atoms with Crippen molar-refractivity contribution in [1.29, 1.82) is 0 Å². The summed E-state index contributed by atoms with van der Waals surface area (Å²) in [7, 11) is -2.08. The maximum Gasteiger partial charge on any atom is 0.305 e. The van der Waals surface area contributed by atoms with Crippen LogP contribution in [-0.2, 0) is 19.7 Å². The molecule has 1 N–H and O–H groups in total. The molecule has 1 rings (SSSR count). The number of carboxylic acid groups (broad SMARTS) is 1. The third kappa shape index (κ3) is 4.41. The van der Waals surface area contributed by atoms with E-state index < -0.39 is 22.2 Å². The Balaban J connectivity index is 2.80. The molecule has 1 fully saturated rings. The number of nitrogens with zero attached hydrogens (tertiary/aromatic N) is 2. The van der Waals surface area contributed by atoms with Gasteiger partial charge in [-0.1, -0.05) is 13.3 Å². The molecule has 0 bridgehead atoms. The zero-order valence-corrected chi connectivity index (χ0v) is 12.2. The van der Waals surface area contributed by atoms with Gasteiger partial charge in [0.25, 0.3) is 10.2 Å². The molecule has 1 aliphatic rings. The van der Waals surface area contributed by atoms with E-state index in [4.69, 9.17) is 9.84 Å². The van der Waals surface area contributed by atoms with E-state index in [0.29, 0.717) is 13.2 Å². The quantitative estimate of drug-likeness (QED) is 0.721. The number of carbonyl (C=O) groups is 1. The van der Waals surface area contributed by atoms with Crippen LogP contribution in [0, 0.1) is 0 Å². The average molecular weight is 294 g/mol. The number of carboxylic acids is 1. The number of morpholine rings is 1. The number of rotatable bonds is 7. The summed E-state index contributed by atoms with van der Waals surface area (Å²) in [5.74, 6) is -1.02. The lowest BCUT2D eigenvalue weighted by atomic mass is 10.2. The summed E-state index contributed by atoms with van der Waals surface area (Å²) in [5.41, 5.74) is 0. The lowest BCUT2D eigenvalue weighted by Crippen LogP contribution is -2.53. The third-order valence-corrected chi connectivity index (χ3v) is 5.14. The topological polar surface area (TPSA) is 87.2 Å². The van der Waals surface area contributed by atoms with Crippen LogP contribution in [0.15, 0.2) is 0 Å². The molecule has 0 aromatic carbocycles. The van der Waals surface area contributed by atoms with Crippen molar-refractivity contribution in [3.63, 3.8) is 0 Å². The first-order valence-electron chi connectivity index (χ1n) is 6.42.